The Bertz CT molecular complexity index is 430. The molecule has 1 heterocycles. The van der Waals surface area contributed by atoms with Crippen molar-refractivity contribution in [3.05, 3.63) is 12.7 Å². The predicted octanol–water partition coefficient (Wildman–Crippen LogP) is 2.06. The minimum absolute atomic E-state index is 0.000694. The Labute approximate surface area is 107 Å². The first-order valence-electron chi connectivity index (χ1n) is 7.09. The predicted molar refractivity (Wildman–Crippen MR) is 65.6 cm³/mol. The lowest BCUT2D eigenvalue weighted by Gasteiger charge is -2.55. The van der Waals surface area contributed by atoms with Crippen LogP contribution in [0.3, 0.4) is 0 Å². The average molecular weight is 245 g/mol. The Hall–Kier alpha value is -1.19. The molecule has 4 nitrogen and oxygen atoms in total. The van der Waals surface area contributed by atoms with Gasteiger partial charge in [-0.15, -0.1) is 0 Å². The van der Waals surface area contributed by atoms with Gasteiger partial charge < -0.3 is 0 Å². The van der Waals surface area contributed by atoms with Crippen LogP contribution in [0.2, 0.25) is 0 Å². The number of hydrogen-bond donors (Lipinski definition) is 0. The molecule has 0 saturated heterocycles. The topological polar surface area (TPSA) is 47.8 Å². The summed E-state index contributed by atoms with van der Waals surface area (Å²) < 4.78 is 1.68. The minimum atomic E-state index is 0.000694. The van der Waals surface area contributed by atoms with Gasteiger partial charge in [0.05, 0.1) is 0 Å². The van der Waals surface area contributed by atoms with Crippen LogP contribution in [0.1, 0.15) is 38.5 Å². The van der Waals surface area contributed by atoms with Crippen LogP contribution in [0.25, 0.3) is 0 Å². The van der Waals surface area contributed by atoms with E-state index < -0.39 is 0 Å². The Balaban J connectivity index is 1.58. The third kappa shape index (κ3) is 1.54. The molecular formula is C14H19N3O. The molecule has 5 rings (SSSR count). The van der Waals surface area contributed by atoms with Gasteiger partial charge in [0.2, 0.25) is 0 Å². The van der Waals surface area contributed by atoms with Crippen LogP contribution >= 0.6 is 0 Å². The molecule has 4 saturated carbocycles. The van der Waals surface area contributed by atoms with Crippen molar-refractivity contribution < 1.29 is 4.79 Å². The summed E-state index contributed by atoms with van der Waals surface area (Å²) >= 11 is 0. The van der Waals surface area contributed by atoms with Gasteiger partial charge in [-0.05, 0) is 56.3 Å². The zero-order chi connectivity index (χ0) is 12.2. The van der Waals surface area contributed by atoms with Crippen molar-refractivity contribution in [1.29, 1.82) is 0 Å². The molecule has 4 aliphatic carbocycles. The highest BCUT2D eigenvalue weighted by Gasteiger charge is 2.54. The van der Waals surface area contributed by atoms with E-state index in [0.717, 1.165) is 37.0 Å². The maximum atomic E-state index is 12.7. The molecule has 0 radical (unpaired) electrons. The summed E-state index contributed by atoms with van der Waals surface area (Å²) in [6.45, 7) is 0.423. The summed E-state index contributed by atoms with van der Waals surface area (Å²) in [7, 11) is 0. The molecule has 4 aliphatic rings. The maximum Gasteiger partial charge on any atom is 0.160 e. The maximum absolute atomic E-state index is 12.7. The molecule has 0 spiro atoms. The van der Waals surface area contributed by atoms with Gasteiger partial charge in [0.1, 0.15) is 19.2 Å². The standard InChI is InChI=1S/C14H19N3O/c18-13(7-17-9-15-8-16-17)14-4-10-1-11(5-14)3-12(2-10)6-14/h8-12H,1-7H2. The van der Waals surface area contributed by atoms with E-state index in [1.165, 1.54) is 25.6 Å². The number of Topliss-reactive ketones (excluding diaryl/α,β-unsaturated/α-hetero) is 1. The summed E-state index contributed by atoms with van der Waals surface area (Å²) in [5.74, 6) is 2.90. The van der Waals surface area contributed by atoms with E-state index in [4.69, 9.17) is 0 Å². The van der Waals surface area contributed by atoms with E-state index in [1.54, 1.807) is 11.0 Å². The first kappa shape index (κ1) is 10.7. The number of hydrogen-bond acceptors (Lipinski definition) is 3. The largest absolute Gasteiger partial charge is 0.297 e. The van der Waals surface area contributed by atoms with Crippen LogP contribution in [0, 0.1) is 23.2 Å². The van der Waals surface area contributed by atoms with E-state index in [9.17, 15) is 4.79 Å². The molecule has 0 aromatic carbocycles. The molecule has 0 N–H and O–H groups in total. The molecule has 0 unspecified atom stereocenters. The molecule has 0 amide bonds. The zero-order valence-electron chi connectivity index (χ0n) is 10.6. The Morgan fingerprint density at radius 2 is 1.78 bits per heavy atom. The smallest absolute Gasteiger partial charge is 0.160 e. The highest BCUT2D eigenvalue weighted by molar-refractivity contribution is 5.85. The second kappa shape index (κ2) is 3.65. The van der Waals surface area contributed by atoms with Crippen molar-refractivity contribution in [2.75, 3.05) is 0 Å². The number of ketones is 1. The van der Waals surface area contributed by atoms with Gasteiger partial charge in [-0.2, -0.15) is 5.10 Å². The lowest BCUT2D eigenvalue weighted by atomic mass is 9.48. The summed E-state index contributed by atoms with van der Waals surface area (Å²) in [5, 5.41) is 4.07. The number of aromatic nitrogens is 3. The molecule has 4 bridgehead atoms. The Kier molecular flexibility index (Phi) is 2.17. The SMILES string of the molecule is O=C(Cn1cncn1)C12CC3CC(CC(C3)C1)C2. The highest BCUT2D eigenvalue weighted by Crippen LogP contribution is 2.60. The number of rotatable bonds is 3. The van der Waals surface area contributed by atoms with Gasteiger partial charge >= 0.3 is 0 Å². The lowest BCUT2D eigenvalue weighted by molar-refractivity contribution is -0.144. The minimum Gasteiger partial charge on any atom is -0.297 e. The van der Waals surface area contributed by atoms with Gasteiger partial charge in [-0.3, -0.25) is 4.79 Å². The molecule has 0 atom stereocenters. The van der Waals surface area contributed by atoms with E-state index in [1.807, 2.05) is 0 Å². The second-order valence-corrected chi connectivity index (χ2v) is 6.71. The van der Waals surface area contributed by atoms with Crippen molar-refractivity contribution in [1.82, 2.24) is 14.8 Å². The van der Waals surface area contributed by atoms with E-state index in [0.29, 0.717) is 12.3 Å². The van der Waals surface area contributed by atoms with Crippen LogP contribution in [0.15, 0.2) is 12.7 Å². The molecule has 96 valence electrons. The number of carbonyl (C=O) groups excluding carboxylic acids is 1. The molecule has 1 aromatic heterocycles. The highest BCUT2D eigenvalue weighted by atomic mass is 16.1. The fraction of sp³-hybridized carbons (Fsp3) is 0.786. The van der Waals surface area contributed by atoms with Crippen LogP contribution in [0.5, 0.6) is 0 Å². The van der Waals surface area contributed by atoms with Crippen LogP contribution in [-0.4, -0.2) is 20.5 Å². The van der Waals surface area contributed by atoms with Gasteiger partial charge in [-0.25, -0.2) is 9.67 Å². The van der Waals surface area contributed by atoms with Crippen molar-refractivity contribution in [3.63, 3.8) is 0 Å². The second-order valence-electron chi connectivity index (χ2n) is 6.71. The van der Waals surface area contributed by atoms with E-state index in [2.05, 4.69) is 10.1 Å². The van der Waals surface area contributed by atoms with E-state index >= 15 is 0 Å². The third-order valence-corrected chi connectivity index (χ3v) is 5.40. The first-order valence-corrected chi connectivity index (χ1v) is 7.09. The Morgan fingerprint density at radius 3 is 2.28 bits per heavy atom. The zero-order valence-corrected chi connectivity index (χ0v) is 10.6. The fourth-order valence-corrected chi connectivity index (χ4v) is 5.08. The fourth-order valence-electron chi connectivity index (χ4n) is 5.08. The normalized spacial score (nSPS) is 41.2. The van der Waals surface area contributed by atoms with Crippen molar-refractivity contribution in [3.8, 4) is 0 Å². The van der Waals surface area contributed by atoms with Gasteiger partial charge in [0, 0.05) is 5.41 Å². The monoisotopic (exact) mass is 245 g/mol. The molecular weight excluding hydrogens is 226 g/mol. The molecule has 4 fully saturated rings. The molecule has 4 heteroatoms. The van der Waals surface area contributed by atoms with Crippen molar-refractivity contribution in [2.24, 2.45) is 23.2 Å². The Morgan fingerprint density at radius 1 is 1.17 bits per heavy atom. The van der Waals surface area contributed by atoms with Crippen LogP contribution in [-0.2, 0) is 11.3 Å². The van der Waals surface area contributed by atoms with Crippen molar-refractivity contribution >= 4 is 5.78 Å². The lowest BCUT2D eigenvalue weighted by Crippen LogP contribution is -2.50. The number of nitrogens with zero attached hydrogens (tertiary/aromatic N) is 3. The summed E-state index contributed by atoms with van der Waals surface area (Å²) in [5.41, 5.74) is 0.000694. The summed E-state index contributed by atoms with van der Waals surface area (Å²) in [4.78, 5) is 16.6. The molecule has 18 heavy (non-hydrogen) atoms. The van der Waals surface area contributed by atoms with Crippen molar-refractivity contribution in [2.45, 2.75) is 45.1 Å². The quantitative estimate of drug-likeness (QED) is 0.819. The third-order valence-electron chi connectivity index (χ3n) is 5.40. The van der Waals surface area contributed by atoms with Crippen LogP contribution < -0.4 is 0 Å². The first-order chi connectivity index (χ1) is 8.73. The van der Waals surface area contributed by atoms with Gasteiger partial charge in [0.15, 0.2) is 5.78 Å². The summed E-state index contributed by atoms with van der Waals surface area (Å²) in [6.07, 6.45) is 10.7. The molecule has 0 aliphatic heterocycles. The number of carbonyl (C=O) groups is 1. The average Bonchev–Trinajstić information content (AvgIpc) is 2.79. The van der Waals surface area contributed by atoms with E-state index in [-0.39, 0.29) is 5.41 Å². The summed E-state index contributed by atoms with van der Waals surface area (Å²) in [6, 6.07) is 0. The van der Waals surface area contributed by atoms with Crippen LogP contribution in [0.4, 0.5) is 0 Å². The molecule has 1 aromatic rings. The van der Waals surface area contributed by atoms with Gasteiger partial charge in [0.25, 0.3) is 0 Å². The van der Waals surface area contributed by atoms with Gasteiger partial charge in [-0.1, -0.05) is 0 Å².